The Morgan fingerprint density at radius 2 is 2.20 bits per heavy atom. The highest BCUT2D eigenvalue weighted by Gasteiger charge is 2.33. The fourth-order valence-corrected chi connectivity index (χ4v) is 4.76. The van der Waals surface area contributed by atoms with Crippen LogP contribution in [0.4, 0.5) is 4.39 Å². The van der Waals surface area contributed by atoms with Crippen molar-refractivity contribution in [2.75, 3.05) is 12.9 Å². The molecule has 1 aliphatic rings. The molecular weight excluding hydrogens is 281 g/mol. The van der Waals surface area contributed by atoms with E-state index in [1.807, 2.05) is 0 Å². The van der Waals surface area contributed by atoms with Crippen molar-refractivity contribution in [2.24, 2.45) is 5.73 Å². The largest absolute Gasteiger partial charge is 0.494 e. The minimum absolute atomic E-state index is 0.174. The third-order valence-electron chi connectivity index (χ3n) is 3.79. The van der Waals surface area contributed by atoms with Gasteiger partial charge in [0.1, 0.15) is 0 Å². The SMILES string of the molecule is COc1ccc(CC(N)C2CCCCS2(=O)=O)cc1F. The van der Waals surface area contributed by atoms with Gasteiger partial charge in [-0.1, -0.05) is 12.5 Å². The van der Waals surface area contributed by atoms with E-state index < -0.39 is 26.9 Å². The van der Waals surface area contributed by atoms with E-state index in [4.69, 9.17) is 10.5 Å². The molecule has 0 bridgehead atoms. The van der Waals surface area contributed by atoms with Crippen molar-refractivity contribution < 1.29 is 17.5 Å². The van der Waals surface area contributed by atoms with Gasteiger partial charge in [0.05, 0.1) is 18.1 Å². The number of hydrogen-bond donors (Lipinski definition) is 1. The third-order valence-corrected chi connectivity index (χ3v) is 6.16. The van der Waals surface area contributed by atoms with E-state index in [2.05, 4.69) is 0 Å². The second kappa shape index (κ2) is 6.10. The summed E-state index contributed by atoms with van der Waals surface area (Å²) < 4.78 is 42.5. The predicted octanol–water partition coefficient (Wildman–Crippen LogP) is 1.67. The summed E-state index contributed by atoms with van der Waals surface area (Å²) in [5.41, 5.74) is 6.74. The minimum atomic E-state index is -3.11. The number of hydrogen-bond acceptors (Lipinski definition) is 4. The molecule has 112 valence electrons. The number of nitrogens with two attached hydrogens (primary N) is 1. The number of sulfone groups is 1. The molecule has 2 N–H and O–H groups in total. The molecular formula is C14H20FNO3S. The van der Waals surface area contributed by atoms with E-state index in [1.165, 1.54) is 19.2 Å². The van der Waals surface area contributed by atoms with E-state index in [0.717, 1.165) is 6.42 Å². The molecule has 2 unspecified atom stereocenters. The number of ether oxygens (including phenoxy) is 1. The molecule has 1 fully saturated rings. The van der Waals surface area contributed by atoms with Crippen LogP contribution in [0.25, 0.3) is 0 Å². The Morgan fingerprint density at radius 3 is 2.80 bits per heavy atom. The molecule has 6 heteroatoms. The van der Waals surface area contributed by atoms with Crippen molar-refractivity contribution in [1.82, 2.24) is 0 Å². The number of benzene rings is 1. The van der Waals surface area contributed by atoms with Crippen LogP contribution in [0.15, 0.2) is 18.2 Å². The maximum absolute atomic E-state index is 13.6. The summed E-state index contributed by atoms with van der Waals surface area (Å²) in [4.78, 5) is 0. The summed E-state index contributed by atoms with van der Waals surface area (Å²) in [6.07, 6.45) is 2.55. The average Bonchev–Trinajstić information content (AvgIpc) is 2.38. The molecule has 20 heavy (non-hydrogen) atoms. The van der Waals surface area contributed by atoms with Gasteiger partial charge in [-0.2, -0.15) is 0 Å². The zero-order valence-corrected chi connectivity index (χ0v) is 12.3. The maximum atomic E-state index is 13.6. The first-order valence-corrected chi connectivity index (χ1v) is 8.45. The molecule has 2 rings (SSSR count). The quantitative estimate of drug-likeness (QED) is 0.918. The molecule has 4 nitrogen and oxygen atoms in total. The van der Waals surface area contributed by atoms with E-state index in [0.29, 0.717) is 24.8 Å². The highest BCUT2D eigenvalue weighted by Crippen LogP contribution is 2.24. The molecule has 0 spiro atoms. The molecule has 0 aromatic heterocycles. The van der Waals surface area contributed by atoms with Gasteiger partial charge in [0.15, 0.2) is 21.4 Å². The van der Waals surface area contributed by atoms with Crippen LogP contribution in [0.1, 0.15) is 24.8 Å². The minimum Gasteiger partial charge on any atom is -0.494 e. The zero-order chi connectivity index (χ0) is 14.8. The van der Waals surface area contributed by atoms with E-state index in [1.54, 1.807) is 6.07 Å². The van der Waals surface area contributed by atoms with Crippen molar-refractivity contribution in [1.29, 1.82) is 0 Å². The molecule has 0 aliphatic carbocycles. The first-order chi connectivity index (χ1) is 9.44. The van der Waals surface area contributed by atoms with Gasteiger partial charge in [-0.3, -0.25) is 0 Å². The molecule has 1 aromatic rings. The molecule has 0 amide bonds. The molecule has 1 saturated heterocycles. The standard InChI is InChI=1S/C14H20FNO3S/c1-19-13-6-5-10(8-11(13)15)9-12(16)14-4-2-3-7-20(14,17)18/h5-6,8,12,14H,2-4,7,9,16H2,1H3. The lowest BCUT2D eigenvalue weighted by molar-refractivity contribution is 0.386. The van der Waals surface area contributed by atoms with Gasteiger partial charge in [-0.25, -0.2) is 12.8 Å². The lowest BCUT2D eigenvalue weighted by atomic mass is 10.00. The first-order valence-electron chi connectivity index (χ1n) is 6.73. The molecule has 2 atom stereocenters. The van der Waals surface area contributed by atoms with Gasteiger partial charge in [0.25, 0.3) is 0 Å². The van der Waals surface area contributed by atoms with Crippen LogP contribution in [-0.4, -0.2) is 32.6 Å². The summed E-state index contributed by atoms with van der Waals surface area (Å²) in [6, 6.07) is 4.12. The Hall–Kier alpha value is -1.14. The average molecular weight is 301 g/mol. The van der Waals surface area contributed by atoms with Crippen LogP contribution < -0.4 is 10.5 Å². The molecule has 1 aromatic carbocycles. The van der Waals surface area contributed by atoms with Gasteiger partial charge < -0.3 is 10.5 Å². The summed E-state index contributed by atoms with van der Waals surface area (Å²) in [6.45, 7) is 0. The van der Waals surface area contributed by atoms with Gasteiger partial charge >= 0.3 is 0 Å². The van der Waals surface area contributed by atoms with Crippen molar-refractivity contribution in [3.8, 4) is 5.75 Å². The Kier molecular flexibility index (Phi) is 4.65. The highest BCUT2D eigenvalue weighted by atomic mass is 32.2. The van der Waals surface area contributed by atoms with E-state index >= 15 is 0 Å². The maximum Gasteiger partial charge on any atom is 0.165 e. The summed E-state index contributed by atoms with van der Waals surface area (Å²) in [5, 5.41) is -0.513. The van der Waals surface area contributed by atoms with Crippen LogP contribution in [0, 0.1) is 5.82 Å². The predicted molar refractivity (Wildman–Crippen MR) is 76.1 cm³/mol. The van der Waals surface area contributed by atoms with Gasteiger partial charge in [0, 0.05) is 6.04 Å². The van der Waals surface area contributed by atoms with Gasteiger partial charge in [-0.05, 0) is 37.0 Å². The summed E-state index contributed by atoms with van der Waals surface area (Å²) in [5.74, 6) is -0.0705. The molecule has 1 aliphatic heterocycles. The highest BCUT2D eigenvalue weighted by molar-refractivity contribution is 7.92. The van der Waals surface area contributed by atoms with Crippen molar-refractivity contribution in [3.05, 3.63) is 29.6 Å². The van der Waals surface area contributed by atoms with E-state index in [9.17, 15) is 12.8 Å². The van der Waals surface area contributed by atoms with Gasteiger partial charge in [0.2, 0.25) is 0 Å². The number of rotatable bonds is 4. The fourth-order valence-electron chi connectivity index (χ4n) is 2.70. The van der Waals surface area contributed by atoms with Crippen molar-refractivity contribution in [2.45, 2.75) is 37.0 Å². The molecule has 0 saturated carbocycles. The molecule has 0 radical (unpaired) electrons. The van der Waals surface area contributed by atoms with Crippen LogP contribution in [-0.2, 0) is 16.3 Å². The summed E-state index contributed by atoms with van der Waals surface area (Å²) in [7, 11) is -1.71. The number of halogens is 1. The second-order valence-electron chi connectivity index (χ2n) is 5.24. The topological polar surface area (TPSA) is 69.4 Å². The van der Waals surface area contributed by atoms with Gasteiger partial charge in [-0.15, -0.1) is 0 Å². The lowest BCUT2D eigenvalue weighted by Crippen LogP contribution is -2.44. The molecule has 1 heterocycles. The normalized spacial score (nSPS) is 23.2. The Bertz CT molecular complexity index is 574. The monoisotopic (exact) mass is 301 g/mol. The second-order valence-corrected chi connectivity index (χ2v) is 7.58. The Morgan fingerprint density at radius 1 is 1.45 bits per heavy atom. The smallest absolute Gasteiger partial charge is 0.165 e. The number of methoxy groups -OCH3 is 1. The zero-order valence-electron chi connectivity index (χ0n) is 11.5. The lowest BCUT2D eigenvalue weighted by Gasteiger charge is -2.27. The van der Waals surface area contributed by atoms with E-state index in [-0.39, 0.29) is 11.5 Å². The summed E-state index contributed by atoms with van der Waals surface area (Å²) >= 11 is 0. The third kappa shape index (κ3) is 3.30. The van der Waals surface area contributed by atoms with Crippen LogP contribution in [0.2, 0.25) is 0 Å². The van der Waals surface area contributed by atoms with Crippen LogP contribution in [0.5, 0.6) is 5.75 Å². The van der Waals surface area contributed by atoms with Crippen LogP contribution >= 0.6 is 0 Å². The van der Waals surface area contributed by atoms with Crippen molar-refractivity contribution in [3.63, 3.8) is 0 Å². The first kappa shape index (κ1) is 15.3. The fraction of sp³-hybridized carbons (Fsp3) is 0.571. The Balaban J connectivity index is 2.11. The van der Waals surface area contributed by atoms with Crippen molar-refractivity contribution >= 4 is 9.84 Å². The van der Waals surface area contributed by atoms with Crippen LogP contribution in [0.3, 0.4) is 0 Å². The Labute approximate surface area is 119 Å².